The Balaban J connectivity index is 3.39. The van der Waals surface area contributed by atoms with Gasteiger partial charge in [0, 0.05) is 18.3 Å². The van der Waals surface area contributed by atoms with Crippen LogP contribution in [0.25, 0.3) is 0 Å². The molecule has 0 bridgehead atoms. The van der Waals surface area contributed by atoms with E-state index < -0.39 is 10.0 Å². The third-order valence-corrected chi connectivity index (χ3v) is 3.13. The van der Waals surface area contributed by atoms with E-state index in [-0.39, 0.29) is 11.7 Å². The molecular formula is C8H17BrN2O3S. The fraction of sp³-hybridized carbons (Fsp3) is 0.875. The maximum absolute atomic E-state index is 11.1. The predicted molar refractivity (Wildman–Crippen MR) is 63.2 cm³/mol. The van der Waals surface area contributed by atoms with Crippen LogP contribution in [-0.2, 0) is 14.8 Å². The lowest BCUT2D eigenvalue weighted by Gasteiger charge is -2.03. The van der Waals surface area contributed by atoms with Gasteiger partial charge in [0.05, 0.1) is 5.75 Å². The van der Waals surface area contributed by atoms with Crippen LogP contribution in [0.5, 0.6) is 0 Å². The van der Waals surface area contributed by atoms with Gasteiger partial charge in [0.25, 0.3) is 0 Å². The fourth-order valence-corrected chi connectivity index (χ4v) is 1.91. The zero-order valence-corrected chi connectivity index (χ0v) is 10.9. The van der Waals surface area contributed by atoms with E-state index in [0.29, 0.717) is 19.4 Å². The van der Waals surface area contributed by atoms with Gasteiger partial charge in [-0.3, -0.25) is 4.79 Å². The molecule has 15 heavy (non-hydrogen) atoms. The van der Waals surface area contributed by atoms with Crippen LogP contribution in [0.4, 0.5) is 0 Å². The lowest BCUT2D eigenvalue weighted by Crippen LogP contribution is -2.27. The number of rotatable bonds is 8. The van der Waals surface area contributed by atoms with E-state index in [2.05, 4.69) is 21.2 Å². The molecule has 0 saturated carbocycles. The quantitative estimate of drug-likeness (QED) is 0.500. The second kappa shape index (κ2) is 8.06. The number of unbranched alkanes of at least 4 members (excludes halogenated alkanes) is 1. The first-order valence-electron chi connectivity index (χ1n) is 4.79. The Bertz CT molecular complexity index is 280. The van der Waals surface area contributed by atoms with Gasteiger partial charge in [0.2, 0.25) is 15.9 Å². The number of halogens is 1. The Hall–Kier alpha value is -0.140. The van der Waals surface area contributed by atoms with Gasteiger partial charge in [-0.1, -0.05) is 15.9 Å². The Morgan fingerprint density at radius 2 is 1.93 bits per heavy atom. The molecule has 3 N–H and O–H groups in total. The van der Waals surface area contributed by atoms with Crippen molar-refractivity contribution in [3.8, 4) is 0 Å². The molecule has 5 nitrogen and oxygen atoms in total. The molecule has 0 radical (unpaired) electrons. The second-order valence-corrected chi connectivity index (χ2v) is 5.74. The van der Waals surface area contributed by atoms with Crippen molar-refractivity contribution in [2.75, 3.05) is 17.6 Å². The first-order valence-corrected chi connectivity index (χ1v) is 7.62. The van der Waals surface area contributed by atoms with Crippen molar-refractivity contribution in [2.24, 2.45) is 5.14 Å². The summed E-state index contributed by atoms with van der Waals surface area (Å²) < 4.78 is 21.1. The minimum absolute atomic E-state index is 0.0367. The Morgan fingerprint density at radius 1 is 1.27 bits per heavy atom. The van der Waals surface area contributed by atoms with Crippen LogP contribution in [0.15, 0.2) is 0 Å². The molecule has 0 aromatic rings. The van der Waals surface area contributed by atoms with Gasteiger partial charge in [0.15, 0.2) is 0 Å². The first kappa shape index (κ1) is 14.9. The zero-order valence-electron chi connectivity index (χ0n) is 8.54. The summed E-state index contributed by atoms with van der Waals surface area (Å²) in [7, 11) is -3.40. The van der Waals surface area contributed by atoms with Gasteiger partial charge < -0.3 is 5.32 Å². The minimum atomic E-state index is -3.40. The number of carbonyl (C=O) groups excluding carboxylic acids is 1. The van der Waals surface area contributed by atoms with E-state index in [9.17, 15) is 13.2 Å². The number of nitrogens with one attached hydrogen (secondary N) is 1. The summed E-state index contributed by atoms with van der Waals surface area (Å²) in [6.45, 7) is 0.365. The highest BCUT2D eigenvalue weighted by atomic mass is 79.9. The molecule has 0 aliphatic heterocycles. The third-order valence-electron chi connectivity index (χ3n) is 1.72. The molecule has 0 aromatic heterocycles. The molecule has 0 spiro atoms. The monoisotopic (exact) mass is 300 g/mol. The summed E-state index contributed by atoms with van der Waals surface area (Å²) in [5.41, 5.74) is 0. The smallest absolute Gasteiger partial charge is 0.219 e. The summed E-state index contributed by atoms with van der Waals surface area (Å²) in [5.74, 6) is -0.125. The normalized spacial score (nSPS) is 11.3. The summed E-state index contributed by atoms with van der Waals surface area (Å²) in [6, 6.07) is 0. The van der Waals surface area contributed by atoms with Crippen LogP contribution in [0.2, 0.25) is 0 Å². The molecule has 0 aromatic carbocycles. The summed E-state index contributed by atoms with van der Waals surface area (Å²) >= 11 is 3.27. The minimum Gasteiger partial charge on any atom is -0.356 e. The number of primary sulfonamides is 1. The summed E-state index contributed by atoms with van der Waals surface area (Å²) in [5, 5.41) is 8.34. The molecule has 1 amide bonds. The van der Waals surface area contributed by atoms with Crippen molar-refractivity contribution in [3.05, 3.63) is 0 Å². The zero-order chi connectivity index (χ0) is 11.7. The average molecular weight is 301 g/mol. The van der Waals surface area contributed by atoms with E-state index in [0.717, 1.165) is 18.2 Å². The van der Waals surface area contributed by atoms with E-state index in [1.807, 2.05) is 0 Å². The topological polar surface area (TPSA) is 89.3 Å². The molecule has 0 aliphatic carbocycles. The molecule has 0 heterocycles. The molecular weight excluding hydrogens is 284 g/mol. The first-order chi connectivity index (χ1) is 6.95. The van der Waals surface area contributed by atoms with Crippen molar-refractivity contribution < 1.29 is 13.2 Å². The molecule has 90 valence electrons. The van der Waals surface area contributed by atoms with Crippen LogP contribution < -0.4 is 10.5 Å². The number of hydrogen-bond acceptors (Lipinski definition) is 3. The predicted octanol–water partition coefficient (Wildman–Crippen LogP) is 0.346. The molecule has 0 fully saturated rings. The Kier molecular flexibility index (Phi) is 7.99. The lowest BCUT2D eigenvalue weighted by atomic mass is 10.2. The van der Waals surface area contributed by atoms with Crippen molar-refractivity contribution >= 4 is 31.9 Å². The molecule has 0 rings (SSSR count). The number of amides is 1. The number of carbonyl (C=O) groups is 1. The van der Waals surface area contributed by atoms with E-state index in [1.165, 1.54) is 0 Å². The van der Waals surface area contributed by atoms with Crippen molar-refractivity contribution in [2.45, 2.75) is 25.7 Å². The van der Waals surface area contributed by atoms with E-state index in [1.54, 1.807) is 0 Å². The molecule has 0 saturated heterocycles. The SMILES string of the molecule is NS(=O)(=O)CCCNC(=O)CCCCBr. The summed E-state index contributed by atoms with van der Waals surface area (Å²) in [4.78, 5) is 11.1. The Labute approximate surface area is 99.0 Å². The average Bonchev–Trinajstić information content (AvgIpc) is 2.11. The summed E-state index contributed by atoms with van der Waals surface area (Å²) in [6.07, 6.45) is 2.65. The number of hydrogen-bond donors (Lipinski definition) is 2. The molecule has 0 atom stereocenters. The van der Waals surface area contributed by atoms with Crippen LogP contribution in [0.1, 0.15) is 25.7 Å². The molecule has 0 aliphatic rings. The van der Waals surface area contributed by atoms with E-state index in [4.69, 9.17) is 5.14 Å². The third kappa shape index (κ3) is 11.8. The second-order valence-electron chi connectivity index (χ2n) is 3.22. The number of alkyl halides is 1. The van der Waals surface area contributed by atoms with Gasteiger partial charge in [-0.05, 0) is 19.3 Å². The standard InChI is InChI=1S/C8H17BrN2O3S/c9-5-2-1-4-8(12)11-6-3-7-15(10,13)14/h1-7H2,(H,11,12)(H2,10,13,14). The largest absolute Gasteiger partial charge is 0.356 e. The van der Waals surface area contributed by atoms with Gasteiger partial charge in [0.1, 0.15) is 0 Å². The lowest BCUT2D eigenvalue weighted by molar-refractivity contribution is -0.121. The van der Waals surface area contributed by atoms with Gasteiger partial charge in [-0.25, -0.2) is 13.6 Å². The van der Waals surface area contributed by atoms with E-state index >= 15 is 0 Å². The van der Waals surface area contributed by atoms with Gasteiger partial charge in [-0.2, -0.15) is 0 Å². The highest BCUT2D eigenvalue weighted by molar-refractivity contribution is 9.09. The molecule has 7 heteroatoms. The molecule has 0 unspecified atom stereocenters. The Morgan fingerprint density at radius 3 is 2.47 bits per heavy atom. The van der Waals surface area contributed by atoms with Gasteiger partial charge >= 0.3 is 0 Å². The highest BCUT2D eigenvalue weighted by Crippen LogP contribution is 1.98. The van der Waals surface area contributed by atoms with Crippen LogP contribution >= 0.6 is 15.9 Å². The number of sulfonamides is 1. The van der Waals surface area contributed by atoms with Crippen LogP contribution in [-0.4, -0.2) is 32.0 Å². The maximum atomic E-state index is 11.1. The van der Waals surface area contributed by atoms with Crippen molar-refractivity contribution in [3.63, 3.8) is 0 Å². The van der Waals surface area contributed by atoms with Crippen molar-refractivity contribution in [1.29, 1.82) is 0 Å². The highest BCUT2D eigenvalue weighted by Gasteiger charge is 2.03. The maximum Gasteiger partial charge on any atom is 0.219 e. The van der Waals surface area contributed by atoms with Crippen LogP contribution in [0.3, 0.4) is 0 Å². The van der Waals surface area contributed by atoms with Crippen molar-refractivity contribution in [1.82, 2.24) is 5.32 Å². The fourth-order valence-electron chi connectivity index (χ4n) is 0.970. The number of nitrogens with two attached hydrogens (primary N) is 1. The van der Waals surface area contributed by atoms with Gasteiger partial charge in [-0.15, -0.1) is 0 Å². The van der Waals surface area contributed by atoms with Crippen LogP contribution in [0, 0.1) is 0 Å².